The van der Waals surface area contributed by atoms with E-state index in [1.54, 1.807) is 0 Å². The van der Waals surface area contributed by atoms with Crippen LogP contribution in [0.5, 0.6) is 0 Å². The molecule has 94 valence electrons. The van der Waals surface area contributed by atoms with Gasteiger partial charge in [0.25, 0.3) is 0 Å². The molecule has 1 fully saturated rings. The van der Waals surface area contributed by atoms with E-state index < -0.39 is 0 Å². The molecule has 0 aromatic heterocycles. The molecule has 1 aromatic carbocycles. The molecule has 0 aliphatic carbocycles. The number of halogens is 2. The van der Waals surface area contributed by atoms with Gasteiger partial charge in [-0.2, -0.15) is 11.8 Å². The summed E-state index contributed by atoms with van der Waals surface area (Å²) < 4.78 is 0.946. The minimum Gasteiger partial charge on any atom is -0.329 e. The van der Waals surface area contributed by atoms with Crippen molar-refractivity contribution in [3.63, 3.8) is 0 Å². The average Bonchev–Trinajstić information content (AvgIpc) is 2.36. The number of thioether (sulfide) groups is 1. The molecule has 1 aliphatic rings. The zero-order valence-corrected chi connectivity index (χ0v) is 12.7. The number of nitrogens with zero attached hydrogens (tertiary/aromatic N) is 1. The third-order valence-electron chi connectivity index (χ3n) is 3.04. The van der Waals surface area contributed by atoms with Gasteiger partial charge < -0.3 is 5.73 Å². The Morgan fingerprint density at radius 1 is 1.41 bits per heavy atom. The van der Waals surface area contributed by atoms with Crippen molar-refractivity contribution in [2.75, 3.05) is 31.1 Å². The first-order valence-corrected chi connectivity index (χ1v) is 8.01. The van der Waals surface area contributed by atoms with Crippen LogP contribution in [0.3, 0.4) is 0 Å². The van der Waals surface area contributed by atoms with Crippen molar-refractivity contribution in [2.24, 2.45) is 5.73 Å². The molecule has 17 heavy (non-hydrogen) atoms. The van der Waals surface area contributed by atoms with Gasteiger partial charge in [-0.3, -0.25) is 4.90 Å². The van der Waals surface area contributed by atoms with Gasteiger partial charge in [0.15, 0.2) is 0 Å². The maximum Gasteiger partial charge on any atom is 0.0548 e. The molecular weight excluding hydrogens is 320 g/mol. The normalized spacial score (nSPS) is 19.2. The van der Waals surface area contributed by atoms with Crippen LogP contribution in [0.2, 0.25) is 5.02 Å². The van der Waals surface area contributed by atoms with Gasteiger partial charge in [0.05, 0.1) is 5.02 Å². The molecule has 0 saturated carbocycles. The molecule has 2 nitrogen and oxygen atoms in total. The lowest BCUT2D eigenvalue weighted by atomic mass is 10.1. The largest absolute Gasteiger partial charge is 0.329 e. The maximum absolute atomic E-state index is 6.02. The lowest BCUT2D eigenvalue weighted by Crippen LogP contribution is -2.39. The lowest BCUT2D eigenvalue weighted by Gasteiger charge is -2.34. The molecule has 5 heteroatoms. The fraction of sp³-hybridized carbons (Fsp3) is 0.500. The quantitative estimate of drug-likeness (QED) is 0.920. The van der Waals surface area contributed by atoms with Crippen LogP contribution in [0, 0.1) is 0 Å². The van der Waals surface area contributed by atoms with Gasteiger partial charge in [0, 0.05) is 41.7 Å². The van der Waals surface area contributed by atoms with E-state index in [1.807, 2.05) is 17.8 Å². The van der Waals surface area contributed by atoms with Gasteiger partial charge in [-0.1, -0.05) is 17.7 Å². The number of hydrogen-bond donors (Lipinski definition) is 1. The second kappa shape index (κ2) is 6.43. The Morgan fingerprint density at radius 2 is 2.12 bits per heavy atom. The van der Waals surface area contributed by atoms with E-state index in [1.165, 1.54) is 17.1 Å². The van der Waals surface area contributed by atoms with Crippen LogP contribution in [0.15, 0.2) is 22.7 Å². The summed E-state index contributed by atoms with van der Waals surface area (Å²) in [6.45, 7) is 2.89. The van der Waals surface area contributed by atoms with Crippen molar-refractivity contribution < 1.29 is 0 Å². The van der Waals surface area contributed by atoms with Crippen molar-refractivity contribution in [3.8, 4) is 0 Å². The third-order valence-corrected chi connectivity index (χ3v) is 5.19. The second-order valence-corrected chi connectivity index (χ2v) is 6.56. The molecule has 1 heterocycles. The van der Waals surface area contributed by atoms with Crippen molar-refractivity contribution in [2.45, 2.75) is 6.04 Å². The van der Waals surface area contributed by atoms with E-state index in [9.17, 15) is 0 Å². The van der Waals surface area contributed by atoms with Gasteiger partial charge in [0.1, 0.15) is 0 Å². The van der Waals surface area contributed by atoms with Gasteiger partial charge >= 0.3 is 0 Å². The van der Waals surface area contributed by atoms with Crippen LogP contribution in [0.4, 0.5) is 0 Å². The topological polar surface area (TPSA) is 29.3 Å². The fourth-order valence-corrected chi connectivity index (χ4v) is 3.55. The van der Waals surface area contributed by atoms with E-state index in [4.69, 9.17) is 17.3 Å². The molecule has 1 aliphatic heterocycles. The van der Waals surface area contributed by atoms with Crippen LogP contribution in [-0.2, 0) is 0 Å². The summed E-state index contributed by atoms with van der Waals surface area (Å²) in [6.07, 6.45) is 0. The highest BCUT2D eigenvalue weighted by molar-refractivity contribution is 9.10. The Labute approximate surface area is 120 Å². The average molecular weight is 336 g/mol. The highest BCUT2D eigenvalue weighted by Crippen LogP contribution is 2.29. The molecule has 1 aromatic rings. The van der Waals surface area contributed by atoms with Crippen LogP contribution in [-0.4, -0.2) is 36.0 Å². The number of hydrogen-bond acceptors (Lipinski definition) is 3. The Kier molecular flexibility index (Phi) is 5.18. The minimum absolute atomic E-state index is 0.310. The highest BCUT2D eigenvalue weighted by atomic mass is 79.9. The monoisotopic (exact) mass is 334 g/mol. The zero-order chi connectivity index (χ0) is 12.3. The van der Waals surface area contributed by atoms with Gasteiger partial charge in [-0.25, -0.2) is 0 Å². The number of nitrogens with two attached hydrogens (primary N) is 1. The van der Waals surface area contributed by atoms with Crippen molar-refractivity contribution >= 4 is 39.3 Å². The SMILES string of the molecule is NCC(c1ccc(Cl)c(Br)c1)N1CCSCC1. The molecule has 1 saturated heterocycles. The van der Waals surface area contributed by atoms with Crippen molar-refractivity contribution in [3.05, 3.63) is 33.3 Å². The first-order valence-electron chi connectivity index (χ1n) is 5.69. The predicted molar refractivity (Wildman–Crippen MR) is 79.8 cm³/mol. The van der Waals surface area contributed by atoms with E-state index >= 15 is 0 Å². The molecule has 0 radical (unpaired) electrons. The smallest absolute Gasteiger partial charge is 0.0548 e. The second-order valence-electron chi connectivity index (χ2n) is 4.07. The molecule has 0 bridgehead atoms. The molecule has 2 rings (SSSR count). The van der Waals surface area contributed by atoms with E-state index in [0.717, 1.165) is 22.6 Å². The van der Waals surface area contributed by atoms with Gasteiger partial charge in [0.2, 0.25) is 0 Å². The summed E-state index contributed by atoms with van der Waals surface area (Å²) in [5.41, 5.74) is 7.17. The predicted octanol–water partition coefficient (Wildman–Crippen LogP) is 3.15. The highest BCUT2D eigenvalue weighted by Gasteiger charge is 2.21. The van der Waals surface area contributed by atoms with E-state index in [0.29, 0.717) is 12.6 Å². The Balaban J connectivity index is 2.18. The number of benzene rings is 1. The van der Waals surface area contributed by atoms with Gasteiger partial charge in [-0.05, 0) is 33.6 Å². The Morgan fingerprint density at radius 3 is 2.71 bits per heavy atom. The molecule has 2 N–H and O–H groups in total. The summed E-state index contributed by atoms with van der Waals surface area (Å²) in [7, 11) is 0. The number of rotatable bonds is 3. The van der Waals surface area contributed by atoms with Crippen molar-refractivity contribution in [1.82, 2.24) is 4.90 Å². The van der Waals surface area contributed by atoms with E-state index in [2.05, 4.69) is 33.0 Å². The summed E-state index contributed by atoms with van der Waals surface area (Å²) in [5.74, 6) is 2.40. The third kappa shape index (κ3) is 3.38. The summed E-state index contributed by atoms with van der Waals surface area (Å²) in [5, 5.41) is 0.749. The molecule has 0 amide bonds. The lowest BCUT2D eigenvalue weighted by molar-refractivity contribution is 0.223. The maximum atomic E-state index is 6.02. The minimum atomic E-state index is 0.310. The Hall–Kier alpha value is 0.260. The molecule has 1 atom stereocenters. The summed E-state index contributed by atoms with van der Waals surface area (Å²) >= 11 is 11.5. The zero-order valence-electron chi connectivity index (χ0n) is 9.53. The molecular formula is C12H16BrClN2S. The van der Waals surface area contributed by atoms with Crippen LogP contribution in [0.25, 0.3) is 0 Å². The van der Waals surface area contributed by atoms with Crippen LogP contribution in [0.1, 0.15) is 11.6 Å². The molecule has 0 spiro atoms. The summed E-state index contributed by atoms with van der Waals surface area (Å²) in [4.78, 5) is 2.46. The molecule has 1 unspecified atom stereocenters. The van der Waals surface area contributed by atoms with Gasteiger partial charge in [-0.15, -0.1) is 0 Å². The van der Waals surface area contributed by atoms with Crippen LogP contribution >= 0.6 is 39.3 Å². The van der Waals surface area contributed by atoms with E-state index in [-0.39, 0.29) is 0 Å². The Bertz CT molecular complexity index is 383. The standard InChI is InChI=1S/C12H16BrClN2S/c13-10-7-9(1-2-11(10)14)12(8-15)16-3-5-17-6-4-16/h1-2,7,12H,3-6,8,15H2. The summed E-state index contributed by atoms with van der Waals surface area (Å²) in [6, 6.07) is 6.40. The first kappa shape index (κ1) is 13.7. The van der Waals surface area contributed by atoms with Crippen molar-refractivity contribution in [1.29, 1.82) is 0 Å². The first-order chi connectivity index (χ1) is 8.22. The fourth-order valence-electron chi connectivity index (χ4n) is 2.10. The van der Waals surface area contributed by atoms with Crippen LogP contribution < -0.4 is 5.73 Å².